The molecule has 0 aliphatic heterocycles. The molecule has 1 unspecified atom stereocenters. The number of hydrogen-bond acceptors (Lipinski definition) is 5. The minimum absolute atomic E-state index is 0. The number of esters is 1. The lowest BCUT2D eigenvalue weighted by molar-refractivity contribution is -0.162. The van der Waals surface area contributed by atoms with E-state index in [2.05, 4.69) is 15.5 Å². The van der Waals surface area contributed by atoms with Crippen molar-refractivity contribution in [1.29, 1.82) is 0 Å². The molecule has 2 N–H and O–H groups in total. The first kappa shape index (κ1) is 14.7. The minimum Gasteiger partial charge on any atom is -0.465 e. The van der Waals surface area contributed by atoms with E-state index in [4.69, 9.17) is 0 Å². The zero-order chi connectivity index (χ0) is 9.56. The molecule has 0 aliphatic carbocycles. The van der Waals surface area contributed by atoms with E-state index in [9.17, 15) is 9.59 Å². The van der Waals surface area contributed by atoms with Gasteiger partial charge < -0.3 is 9.57 Å². The Bertz CT molecular complexity index is 174. The van der Waals surface area contributed by atoms with E-state index < -0.39 is 17.9 Å². The third-order valence-electron chi connectivity index (χ3n) is 1.38. The van der Waals surface area contributed by atoms with Gasteiger partial charge in [0.05, 0.1) is 6.61 Å². The van der Waals surface area contributed by atoms with Gasteiger partial charge in [-0.2, -0.15) is 5.90 Å². The van der Waals surface area contributed by atoms with Gasteiger partial charge >= 0.3 is 11.9 Å². The van der Waals surface area contributed by atoms with Gasteiger partial charge in [-0.1, -0.05) is 6.92 Å². The molecule has 0 saturated carbocycles. The van der Waals surface area contributed by atoms with Crippen molar-refractivity contribution >= 4 is 24.3 Å². The van der Waals surface area contributed by atoms with Gasteiger partial charge in [0.15, 0.2) is 5.92 Å². The standard InChI is InChI=1S/C7H13NO4.ClH/c1-3-5(7(10)12-8)6(9)11-4-2;/h5H,3-4,8H2,1-2H3;1H. The van der Waals surface area contributed by atoms with Gasteiger partial charge in [-0.3, -0.25) is 4.79 Å². The molecule has 0 amide bonds. The summed E-state index contributed by atoms with van der Waals surface area (Å²) in [6.45, 7) is 3.59. The van der Waals surface area contributed by atoms with Crippen LogP contribution in [-0.2, 0) is 19.2 Å². The van der Waals surface area contributed by atoms with Crippen LogP contribution in [-0.4, -0.2) is 18.5 Å². The van der Waals surface area contributed by atoms with Gasteiger partial charge in [0, 0.05) is 0 Å². The van der Waals surface area contributed by atoms with Crippen molar-refractivity contribution in [2.45, 2.75) is 20.3 Å². The summed E-state index contributed by atoms with van der Waals surface area (Å²) in [5, 5.41) is 0. The fourth-order valence-electron chi connectivity index (χ4n) is 0.755. The normalized spacial score (nSPS) is 11.0. The number of halogens is 1. The van der Waals surface area contributed by atoms with Crippen molar-refractivity contribution in [1.82, 2.24) is 0 Å². The number of nitrogens with two attached hydrogens (primary N) is 1. The van der Waals surface area contributed by atoms with Crippen LogP contribution in [0.5, 0.6) is 0 Å². The van der Waals surface area contributed by atoms with Crippen LogP contribution in [0.2, 0.25) is 0 Å². The first-order valence-electron chi connectivity index (χ1n) is 3.74. The Labute approximate surface area is 82.9 Å². The molecule has 78 valence electrons. The molecular weight excluding hydrogens is 198 g/mol. The van der Waals surface area contributed by atoms with E-state index in [0.717, 1.165) is 0 Å². The predicted octanol–water partition coefficient (Wildman–Crippen LogP) is 0.414. The van der Waals surface area contributed by atoms with Crippen LogP contribution in [0.15, 0.2) is 0 Å². The summed E-state index contributed by atoms with van der Waals surface area (Å²) in [6.07, 6.45) is 0.328. The van der Waals surface area contributed by atoms with E-state index in [1.807, 2.05) is 0 Å². The second-order valence-electron chi connectivity index (χ2n) is 2.15. The maximum atomic E-state index is 11.0. The monoisotopic (exact) mass is 211 g/mol. The lowest BCUT2D eigenvalue weighted by Gasteiger charge is -2.09. The molecule has 0 bridgehead atoms. The highest BCUT2D eigenvalue weighted by molar-refractivity contribution is 5.94. The van der Waals surface area contributed by atoms with Crippen molar-refractivity contribution in [3.8, 4) is 0 Å². The van der Waals surface area contributed by atoms with Crippen molar-refractivity contribution in [2.75, 3.05) is 6.61 Å². The molecule has 0 rings (SSSR count). The fourth-order valence-corrected chi connectivity index (χ4v) is 0.755. The average molecular weight is 212 g/mol. The van der Waals surface area contributed by atoms with Crippen LogP contribution in [0, 0.1) is 5.92 Å². The van der Waals surface area contributed by atoms with Crippen LogP contribution in [0.3, 0.4) is 0 Å². The van der Waals surface area contributed by atoms with Crippen molar-refractivity contribution in [3.05, 3.63) is 0 Å². The topological polar surface area (TPSA) is 78.6 Å². The third-order valence-corrected chi connectivity index (χ3v) is 1.38. The first-order chi connectivity index (χ1) is 5.67. The Balaban J connectivity index is 0. The zero-order valence-corrected chi connectivity index (χ0v) is 8.43. The summed E-state index contributed by atoms with van der Waals surface area (Å²) < 4.78 is 4.62. The van der Waals surface area contributed by atoms with Crippen LogP contribution in [0.25, 0.3) is 0 Å². The Morgan fingerprint density at radius 3 is 2.15 bits per heavy atom. The van der Waals surface area contributed by atoms with E-state index in [0.29, 0.717) is 6.42 Å². The molecule has 6 heteroatoms. The number of rotatable bonds is 4. The van der Waals surface area contributed by atoms with Crippen LogP contribution in [0.4, 0.5) is 0 Å². The molecule has 0 saturated heterocycles. The number of carbonyl (C=O) groups is 2. The molecule has 0 radical (unpaired) electrons. The Morgan fingerprint density at radius 1 is 1.31 bits per heavy atom. The second-order valence-corrected chi connectivity index (χ2v) is 2.15. The van der Waals surface area contributed by atoms with E-state index in [-0.39, 0.29) is 19.0 Å². The molecule has 0 fully saturated rings. The molecule has 0 aromatic carbocycles. The molecule has 5 nitrogen and oxygen atoms in total. The lowest BCUT2D eigenvalue weighted by atomic mass is 10.1. The maximum Gasteiger partial charge on any atom is 0.338 e. The molecule has 0 aliphatic rings. The molecule has 0 aromatic heterocycles. The molecule has 0 spiro atoms. The smallest absolute Gasteiger partial charge is 0.338 e. The summed E-state index contributed by atoms with van der Waals surface area (Å²) in [7, 11) is 0. The molecule has 0 aromatic rings. The number of ether oxygens (including phenoxy) is 1. The van der Waals surface area contributed by atoms with E-state index in [1.165, 1.54) is 0 Å². The largest absolute Gasteiger partial charge is 0.465 e. The summed E-state index contributed by atoms with van der Waals surface area (Å²) in [4.78, 5) is 25.7. The SMILES string of the molecule is CCOC(=O)C(CC)C(=O)ON.Cl. The number of hydrogen-bond donors (Lipinski definition) is 1. The average Bonchev–Trinajstić information content (AvgIpc) is 2.06. The molecule has 13 heavy (non-hydrogen) atoms. The van der Waals surface area contributed by atoms with Crippen LogP contribution >= 0.6 is 12.4 Å². The third kappa shape index (κ3) is 4.69. The van der Waals surface area contributed by atoms with Crippen molar-refractivity contribution in [3.63, 3.8) is 0 Å². The molecule has 1 atom stereocenters. The Kier molecular flexibility index (Phi) is 8.84. The highest BCUT2D eigenvalue weighted by Gasteiger charge is 2.27. The highest BCUT2D eigenvalue weighted by atomic mass is 35.5. The maximum absolute atomic E-state index is 11.0. The van der Waals surface area contributed by atoms with Gasteiger partial charge in [-0.15, -0.1) is 12.4 Å². The van der Waals surface area contributed by atoms with Gasteiger partial charge in [0.25, 0.3) is 0 Å². The van der Waals surface area contributed by atoms with Crippen LogP contribution in [0.1, 0.15) is 20.3 Å². The van der Waals surface area contributed by atoms with Gasteiger partial charge in [0.1, 0.15) is 0 Å². The summed E-state index contributed by atoms with van der Waals surface area (Å²) >= 11 is 0. The van der Waals surface area contributed by atoms with Gasteiger partial charge in [-0.05, 0) is 13.3 Å². The lowest BCUT2D eigenvalue weighted by Crippen LogP contribution is -2.29. The van der Waals surface area contributed by atoms with Crippen molar-refractivity contribution in [2.24, 2.45) is 11.8 Å². The predicted molar refractivity (Wildman–Crippen MR) is 47.9 cm³/mol. The summed E-state index contributed by atoms with van der Waals surface area (Å²) in [6, 6.07) is 0. The van der Waals surface area contributed by atoms with Crippen molar-refractivity contribution < 1.29 is 19.2 Å². The first-order valence-corrected chi connectivity index (χ1v) is 3.74. The Hall–Kier alpha value is -0.810. The number of carbonyl (C=O) groups excluding carboxylic acids is 2. The van der Waals surface area contributed by atoms with Gasteiger partial charge in [-0.25, -0.2) is 4.79 Å². The quantitative estimate of drug-likeness (QED) is 0.414. The van der Waals surface area contributed by atoms with Crippen LogP contribution < -0.4 is 5.90 Å². The minimum atomic E-state index is -0.894. The summed E-state index contributed by atoms with van der Waals surface area (Å²) in [5.74, 6) is 2.39. The fraction of sp³-hybridized carbons (Fsp3) is 0.714. The zero-order valence-electron chi connectivity index (χ0n) is 7.61. The Morgan fingerprint density at radius 2 is 1.85 bits per heavy atom. The second kappa shape index (κ2) is 7.82. The summed E-state index contributed by atoms with van der Waals surface area (Å²) in [5.41, 5.74) is 0. The van der Waals surface area contributed by atoms with Gasteiger partial charge in [0.2, 0.25) is 0 Å². The van der Waals surface area contributed by atoms with E-state index >= 15 is 0 Å². The molecule has 0 heterocycles. The van der Waals surface area contributed by atoms with E-state index in [1.54, 1.807) is 13.8 Å². The highest BCUT2D eigenvalue weighted by Crippen LogP contribution is 2.06. The molecular formula is C7H14ClNO4.